The van der Waals surface area contributed by atoms with Crippen molar-refractivity contribution >= 4 is 27.6 Å². The number of hydrogen-bond acceptors (Lipinski definition) is 13. The molecule has 1 aliphatic rings. The second-order valence-corrected chi connectivity index (χ2v) is 19.8. The van der Waals surface area contributed by atoms with Crippen molar-refractivity contribution in [2.75, 3.05) is 13.2 Å². The number of aliphatic hydroxyl groups excluding tert-OH is 4. The molecule has 63 heavy (non-hydrogen) atoms. The molecule has 1 saturated carbocycles. The third-order valence-electron chi connectivity index (χ3n) is 11.3. The first-order valence-electron chi connectivity index (χ1n) is 24.2. The molecule has 0 spiro atoms. The first-order valence-corrected chi connectivity index (χ1v) is 27.3. The largest absolute Gasteiger partial charge is 0.472 e. The number of esters is 2. The fourth-order valence-electron chi connectivity index (χ4n) is 7.55. The first kappa shape index (κ1) is 59.8. The molecule has 0 aromatic rings. The molecule has 0 bridgehead atoms. The van der Waals surface area contributed by atoms with Crippen molar-refractivity contribution < 1.29 is 76.9 Å². The standard InChI is InChI=1S/C45H86O16P2/c1-3-5-7-9-11-13-15-17-19-21-23-25-27-29-31-33-38(46)57-35-37(59-39(47)34-32-30-28-26-24-22-20-18-16-14-12-10-8-6-4-2)36-58-63(55,56)61-45-42(50)40(48)41(49)44(43(45)51)60-62(52,53)54/h13,15,37,40-45,48-51H,3-12,14,16-36H2,1-2H3,(H,55,56)(H2,52,53,54)/t37-,40?,41?,42?,43?,44-,45+/m1/s1. The topological polar surface area (TPSA) is 256 Å². The second-order valence-electron chi connectivity index (χ2n) is 17.2. The fraction of sp³-hybridized carbons (Fsp3) is 0.911. The Morgan fingerprint density at radius 3 is 1.32 bits per heavy atom. The molecule has 0 heterocycles. The van der Waals surface area contributed by atoms with E-state index in [2.05, 4.69) is 30.5 Å². The van der Waals surface area contributed by atoms with Gasteiger partial charge in [0.2, 0.25) is 0 Å². The third-order valence-corrected chi connectivity index (χ3v) is 12.8. The van der Waals surface area contributed by atoms with E-state index in [1.54, 1.807) is 0 Å². The molecular formula is C45H86O16P2. The lowest BCUT2D eigenvalue weighted by molar-refractivity contribution is -0.216. The summed E-state index contributed by atoms with van der Waals surface area (Å²) in [6.07, 6.45) is 21.6. The van der Waals surface area contributed by atoms with Gasteiger partial charge in [-0.05, 0) is 38.5 Å². The van der Waals surface area contributed by atoms with Crippen molar-refractivity contribution in [3.05, 3.63) is 12.2 Å². The normalized spacial score (nSPS) is 22.0. The molecule has 8 atom stereocenters. The lowest BCUT2D eigenvalue weighted by atomic mass is 9.85. The fourth-order valence-corrected chi connectivity index (χ4v) is 9.09. The minimum absolute atomic E-state index is 0.0491. The Labute approximate surface area is 378 Å². The molecule has 0 radical (unpaired) electrons. The number of aliphatic hydroxyl groups is 4. The van der Waals surface area contributed by atoms with Crippen LogP contribution >= 0.6 is 15.6 Å². The van der Waals surface area contributed by atoms with E-state index in [4.69, 9.17) is 18.5 Å². The molecule has 18 heteroatoms. The number of unbranched alkanes of at least 4 members (excludes halogenated alkanes) is 25. The maximum atomic E-state index is 13.0. The Kier molecular flexibility index (Phi) is 34.9. The van der Waals surface area contributed by atoms with Crippen molar-refractivity contribution in [2.24, 2.45) is 0 Å². The quantitative estimate of drug-likeness (QED) is 0.0130. The molecule has 16 nitrogen and oxygen atoms in total. The molecule has 1 aliphatic carbocycles. The van der Waals surface area contributed by atoms with E-state index >= 15 is 0 Å². The van der Waals surface area contributed by atoms with Gasteiger partial charge in [-0.2, -0.15) is 0 Å². The molecule has 0 amide bonds. The Morgan fingerprint density at radius 1 is 0.492 bits per heavy atom. The smallest absolute Gasteiger partial charge is 0.462 e. The van der Waals surface area contributed by atoms with Gasteiger partial charge in [0.1, 0.15) is 43.2 Å². The zero-order chi connectivity index (χ0) is 46.8. The van der Waals surface area contributed by atoms with Gasteiger partial charge in [-0.3, -0.25) is 23.2 Å². The summed E-state index contributed by atoms with van der Waals surface area (Å²) in [5.74, 6) is -1.20. The number of hydrogen-bond donors (Lipinski definition) is 7. The summed E-state index contributed by atoms with van der Waals surface area (Å²) in [7, 11) is -10.7. The highest BCUT2D eigenvalue weighted by Crippen LogP contribution is 2.49. The van der Waals surface area contributed by atoms with Gasteiger partial charge in [-0.1, -0.05) is 167 Å². The molecule has 0 aliphatic heterocycles. The number of phosphoric ester groups is 2. The SMILES string of the molecule is CCCCCCC=CCCCCCCCCCC(=O)OC[C@H](COP(=O)(O)O[C@H]1C(O)C(O)C(O)[C@@H](OP(=O)(O)O)C1O)OC(=O)CCCCCCCCCCCCCCCCC. The highest BCUT2D eigenvalue weighted by Gasteiger charge is 2.54. The van der Waals surface area contributed by atoms with Crippen LogP contribution < -0.4 is 0 Å². The highest BCUT2D eigenvalue weighted by atomic mass is 31.2. The average Bonchev–Trinajstić information content (AvgIpc) is 3.23. The van der Waals surface area contributed by atoms with E-state index in [0.29, 0.717) is 12.8 Å². The van der Waals surface area contributed by atoms with Crippen molar-refractivity contribution in [3.8, 4) is 0 Å². The van der Waals surface area contributed by atoms with Crippen LogP contribution in [0.25, 0.3) is 0 Å². The van der Waals surface area contributed by atoms with Crippen LogP contribution in [-0.2, 0) is 41.8 Å². The van der Waals surface area contributed by atoms with Gasteiger partial charge in [-0.25, -0.2) is 9.13 Å². The minimum atomic E-state index is -5.36. The maximum absolute atomic E-state index is 13.0. The molecule has 1 fully saturated rings. The Morgan fingerprint density at radius 2 is 0.873 bits per heavy atom. The third kappa shape index (κ3) is 31.4. The van der Waals surface area contributed by atoms with Crippen LogP contribution in [0.4, 0.5) is 0 Å². The summed E-state index contributed by atoms with van der Waals surface area (Å²) in [6.45, 7) is 3.11. The van der Waals surface area contributed by atoms with Gasteiger partial charge in [-0.15, -0.1) is 0 Å². The number of phosphoric acid groups is 2. The lowest BCUT2D eigenvalue weighted by Gasteiger charge is -2.43. The number of carbonyl (C=O) groups is 2. The van der Waals surface area contributed by atoms with E-state index < -0.39 is 83.5 Å². The second kappa shape index (κ2) is 36.8. The molecular weight excluding hydrogens is 858 g/mol. The minimum Gasteiger partial charge on any atom is -0.462 e. The van der Waals surface area contributed by atoms with Crippen LogP contribution in [0.3, 0.4) is 0 Å². The number of rotatable bonds is 41. The van der Waals surface area contributed by atoms with Crippen LogP contribution in [0, 0.1) is 0 Å². The first-order chi connectivity index (χ1) is 30.1. The monoisotopic (exact) mass is 945 g/mol. The van der Waals surface area contributed by atoms with E-state index in [9.17, 15) is 53.8 Å². The molecule has 0 aromatic heterocycles. The van der Waals surface area contributed by atoms with E-state index in [-0.39, 0.29) is 12.8 Å². The van der Waals surface area contributed by atoms with Gasteiger partial charge in [0.05, 0.1) is 6.61 Å². The van der Waals surface area contributed by atoms with Crippen LogP contribution in [0.15, 0.2) is 12.2 Å². The van der Waals surface area contributed by atoms with Crippen molar-refractivity contribution in [3.63, 3.8) is 0 Å². The predicted octanol–water partition coefficient (Wildman–Crippen LogP) is 9.18. The maximum Gasteiger partial charge on any atom is 0.472 e. The van der Waals surface area contributed by atoms with Crippen molar-refractivity contribution in [1.82, 2.24) is 0 Å². The van der Waals surface area contributed by atoms with E-state index in [1.807, 2.05) is 0 Å². The van der Waals surface area contributed by atoms with Gasteiger partial charge < -0.3 is 44.6 Å². The van der Waals surface area contributed by atoms with Crippen LogP contribution in [0.2, 0.25) is 0 Å². The number of carbonyl (C=O) groups excluding carboxylic acids is 2. The van der Waals surface area contributed by atoms with E-state index in [0.717, 1.165) is 77.0 Å². The van der Waals surface area contributed by atoms with Crippen molar-refractivity contribution in [2.45, 2.75) is 249 Å². The molecule has 372 valence electrons. The molecule has 1 rings (SSSR count). The van der Waals surface area contributed by atoms with Gasteiger partial charge in [0, 0.05) is 12.8 Å². The highest BCUT2D eigenvalue weighted by molar-refractivity contribution is 7.47. The molecule has 0 saturated heterocycles. The summed E-state index contributed by atoms with van der Waals surface area (Å²) < 4.78 is 49.4. The Balaban J connectivity index is 2.58. The zero-order valence-electron chi connectivity index (χ0n) is 38.5. The van der Waals surface area contributed by atoms with Crippen molar-refractivity contribution in [1.29, 1.82) is 0 Å². The van der Waals surface area contributed by atoms with Crippen LogP contribution in [0.1, 0.15) is 206 Å². The number of ether oxygens (including phenoxy) is 2. The average molecular weight is 945 g/mol. The Hall–Kier alpha value is -1.26. The van der Waals surface area contributed by atoms with Crippen LogP contribution in [-0.4, -0.2) is 103 Å². The summed E-state index contributed by atoms with van der Waals surface area (Å²) in [4.78, 5) is 54.3. The van der Waals surface area contributed by atoms with Gasteiger partial charge >= 0.3 is 27.6 Å². The lowest BCUT2D eigenvalue weighted by Crippen LogP contribution is -2.64. The Bertz CT molecular complexity index is 1280. The van der Waals surface area contributed by atoms with Crippen LogP contribution in [0.5, 0.6) is 0 Å². The summed E-state index contributed by atoms with van der Waals surface area (Å²) >= 11 is 0. The molecule has 7 N–H and O–H groups in total. The summed E-state index contributed by atoms with van der Waals surface area (Å²) in [5, 5.41) is 41.2. The summed E-state index contributed by atoms with van der Waals surface area (Å²) in [5.41, 5.74) is 0. The zero-order valence-corrected chi connectivity index (χ0v) is 40.3. The predicted molar refractivity (Wildman–Crippen MR) is 241 cm³/mol. The summed E-state index contributed by atoms with van der Waals surface area (Å²) in [6, 6.07) is 0. The molecule has 5 unspecified atom stereocenters. The number of allylic oxidation sites excluding steroid dienone is 2. The van der Waals surface area contributed by atoms with Gasteiger partial charge in [0.15, 0.2) is 6.10 Å². The molecule has 0 aromatic carbocycles. The van der Waals surface area contributed by atoms with Gasteiger partial charge in [0.25, 0.3) is 0 Å². The van der Waals surface area contributed by atoms with E-state index in [1.165, 1.54) is 89.9 Å².